The van der Waals surface area contributed by atoms with Gasteiger partial charge in [-0.3, -0.25) is 9.78 Å². The summed E-state index contributed by atoms with van der Waals surface area (Å²) in [5.41, 5.74) is 0.355. The molecule has 1 aliphatic carbocycles. The smallest absolute Gasteiger partial charge is 0.273 e. The van der Waals surface area contributed by atoms with Gasteiger partial charge in [0.1, 0.15) is 5.69 Å². The van der Waals surface area contributed by atoms with Crippen molar-refractivity contribution in [2.75, 3.05) is 13.1 Å². The molecule has 88 valence electrons. The number of terminal acetylenes is 1. The molecular formula is C13H13ClN2O. The number of nitrogens with zero attached hydrogens (tertiary/aromatic N) is 2. The molecule has 0 radical (unpaired) electrons. The minimum absolute atomic E-state index is 0.141. The Morgan fingerprint density at radius 3 is 3.00 bits per heavy atom. The molecule has 0 spiro atoms. The summed E-state index contributed by atoms with van der Waals surface area (Å²) >= 11 is 5.84. The molecule has 1 aromatic rings. The average Bonchev–Trinajstić information content (AvgIpc) is 3.11. The number of amides is 1. The van der Waals surface area contributed by atoms with Crippen molar-refractivity contribution in [1.29, 1.82) is 0 Å². The standard InChI is InChI=1S/C13H13ClN2O/c1-2-7-16(9-10-3-4-10)13(17)12-8-11(14)5-6-15-12/h1,5-6,8,10H,3-4,7,9H2. The summed E-state index contributed by atoms with van der Waals surface area (Å²) in [6, 6.07) is 3.21. The molecule has 1 amide bonds. The summed E-state index contributed by atoms with van der Waals surface area (Å²) in [4.78, 5) is 17.8. The fourth-order valence-electron chi connectivity index (χ4n) is 1.63. The molecule has 3 nitrogen and oxygen atoms in total. The molecule has 1 aromatic heterocycles. The van der Waals surface area contributed by atoms with E-state index >= 15 is 0 Å². The number of hydrogen-bond donors (Lipinski definition) is 0. The van der Waals surface area contributed by atoms with Crippen molar-refractivity contribution < 1.29 is 4.79 Å². The van der Waals surface area contributed by atoms with Crippen molar-refractivity contribution in [3.8, 4) is 12.3 Å². The Bertz CT molecular complexity index is 463. The summed E-state index contributed by atoms with van der Waals surface area (Å²) in [7, 11) is 0. The van der Waals surface area contributed by atoms with Crippen LogP contribution in [0.1, 0.15) is 23.3 Å². The van der Waals surface area contributed by atoms with Gasteiger partial charge in [-0.2, -0.15) is 0 Å². The van der Waals surface area contributed by atoms with Crippen molar-refractivity contribution in [2.24, 2.45) is 5.92 Å². The molecule has 0 aliphatic heterocycles. The monoisotopic (exact) mass is 248 g/mol. The molecule has 0 N–H and O–H groups in total. The average molecular weight is 249 g/mol. The van der Waals surface area contributed by atoms with Gasteiger partial charge >= 0.3 is 0 Å². The van der Waals surface area contributed by atoms with Crippen molar-refractivity contribution in [3.63, 3.8) is 0 Å². The number of carbonyl (C=O) groups is 1. The number of carbonyl (C=O) groups excluding carboxylic acids is 1. The van der Waals surface area contributed by atoms with Crippen molar-refractivity contribution >= 4 is 17.5 Å². The van der Waals surface area contributed by atoms with Crippen LogP contribution in [0.4, 0.5) is 0 Å². The molecule has 0 saturated heterocycles. The zero-order valence-corrected chi connectivity index (χ0v) is 10.2. The summed E-state index contributed by atoms with van der Waals surface area (Å²) in [5.74, 6) is 2.97. The van der Waals surface area contributed by atoms with E-state index in [9.17, 15) is 4.79 Å². The third-order valence-corrected chi connectivity index (χ3v) is 2.92. The Morgan fingerprint density at radius 1 is 1.65 bits per heavy atom. The lowest BCUT2D eigenvalue weighted by molar-refractivity contribution is 0.0764. The summed E-state index contributed by atoms with van der Waals surface area (Å²) in [5, 5.41) is 0.510. The molecular weight excluding hydrogens is 236 g/mol. The third kappa shape index (κ3) is 3.21. The number of halogens is 1. The Labute approximate surface area is 106 Å². The van der Waals surface area contributed by atoms with Gasteiger partial charge in [-0.1, -0.05) is 17.5 Å². The lowest BCUT2D eigenvalue weighted by Crippen LogP contribution is -2.33. The van der Waals surface area contributed by atoms with E-state index in [-0.39, 0.29) is 5.91 Å². The van der Waals surface area contributed by atoms with Crippen LogP contribution in [-0.4, -0.2) is 28.9 Å². The minimum Gasteiger partial charge on any atom is -0.326 e. The Kier molecular flexibility index (Phi) is 3.65. The van der Waals surface area contributed by atoms with E-state index in [0.29, 0.717) is 23.2 Å². The van der Waals surface area contributed by atoms with Gasteiger partial charge in [0.05, 0.1) is 6.54 Å². The molecule has 1 aliphatic rings. The molecule has 0 bridgehead atoms. The van der Waals surface area contributed by atoms with E-state index < -0.39 is 0 Å². The van der Waals surface area contributed by atoms with Crippen molar-refractivity contribution in [3.05, 3.63) is 29.0 Å². The topological polar surface area (TPSA) is 33.2 Å². The van der Waals surface area contributed by atoms with Gasteiger partial charge < -0.3 is 4.90 Å². The normalized spacial score (nSPS) is 14.1. The first-order valence-corrected chi connectivity index (χ1v) is 5.93. The Hall–Kier alpha value is -1.53. The van der Waals surface area contributed by atoms with E-state index in [4.69, 9.17) is 18.0 Å². The second-order valence-corrected chi connectivity index (χ2v) is 4.63. The first-order chi connectivity index (χ1) is 8.20. The first kappa shape index (κ1) is 11.9. The van der Waals surface area contributed by atoms with E-state index in [1.165, 1.54) is 19.0 Å². The zero-order valence-electron chi connectivity index (χ0n) is 9.40. The van der Waals surface area contributed by atoms with Crippen LogP contribution in [0.3, 0.4) is 0 Å². The highest BCUT2D eigenvalue weighted by Gasteiger charge is 2.27. The van der Waals surface area contributed by atoms with E-state index in [2.05, 4.69) is 10.9 Å². The maximum absolute atomic E-state index is 12.2. The van der Waals surface area contributed by atoms with Crippen LogP contribution in [0.25, 0.3) is 0 Å². The number of pyridine rings is 1. The molecule has 1 fully saturated rings. The van der Waals surface area contributed by atoms with Crippen LogP contribution in [-0.2, 0) is 0 Å². The maximum atomic E-state index is 12.2. The van der Waals surface area contributed by atoms with Gasteiger partial charge in [-0.15, -0.1) is 6.42 Å². The van der Waals surface area contributed by atoms with Gasteiger partial charge in [0.15, 0.2) is 0 Å². The highest BCUT2D eigenvalue weighted by atomic mass is 35.5. The van der Waals surface area contributed by atoms with Crippen LogP contribution in [0.5, 0.6) is 0 Å². The predicted octanol–water partition coefficient (Wildman–Crippen LogP) is 2.22. The summed E-state index contributed by atoms with van der Waals surface area (Å²) < 4.78 is 0. The fourth-order valence-corrected chi connectivity index (χ4v) is 1.78. The molecule has 0 atom stereocenters. The van der Waals surface area contributed by atoms with E-state index in [1.54, 1.807) is 17.0 Å². The van der Waals surface area contributed by atoms with Crippen molar-refractivity contribution in [1.82, 2.24) is 9.88 Å². The zero-order chi connectivity index (χ0) is 12.3. The van der Waals surface area contributed by atoms with Crippen molar-refractivity contribution in [2.45, 2.75) is 12.8 Å². The van der Waals surface area contributed by atoms with Crippen LogP contribution in [0.15, 0.2) is 18.3 Å². The highest BCUT2D eigenvalue weighted by molar-refractivity contribution is 6.30. The first-order valence-electron chi connectivity index (χ1n) is 5.55. The van der Waals surface area contributed by atoms with Gasteiger partial charge in [-0.25, -0.2) is 0 Å². The van der Waals surface area contributed by atoms with Gasteiger partial charge in [0.25, 0.3) is 5.91 Å². The highest BCUT2D eigenvalue weighted by Crippen LogP contribution is 2.30. The molecule has 0 unspecified atom stereocenters. The minimum atomic E-state index is -0.141. The quantitative estimate of drug-likeness (QED) is 0.766. The molecule has 1 heterocycles. The van der Waals surface area contributed by atoms with Crippen LogP contribution in [0, 0.1) is 18.3 Å². The Morgan fingerprint density at radius 2 is 2.41 bits per heavy atom. The van der Waals surface area contributed by atoms with Crippen LogP contribution in [0.2, 0.25) is 5.02 Å². The molecule has 17 heavy (non-hydrogen) atoms. The van der Waals surface area contributed by atoms with Gasteiger partial charge in [0, 0.05) is 17.8 Å². The second kappa shape index (κ2) is 5.20. The number of aromatic nitrogens is 1. The van der Waals surface area contributed by atoms with E-state index in [0.717, 1.165) is 6.54 Å². The fraction of sp³-hybridized carbons (Fsp3) is 0.385. The lowest BCUT2D eigenvalue weighted by atomic mass is 10.3. The maximum Gasteiger partial charge on any atom is 0.273 e. The lowest BCUT2D eigenvalue weighted by Gasteiger charge is -2.19. The Balaban J connectivity index is 2.12. The summed E-state index contributed by atoms with van der Waals surface area (Å²) in [6.45, 7) is 1.04. The predicted molar refractivity (Wildman–Crippen MR) is 66.7 cm³/mol. The molecule has 2 rings (SSSR count). The van der Waals surface area contributed by atoms with Gasteiger partial charge in [-0.05, 0) is 30.9 Å². The molecule has 4 heteroatoms. The SMILES string of the molecule is C#CCN(CC1CC1)C(=O)c1cc(Cl)ccn1. The third-order valence-electron chi connectivity index (χ3n) is 2.69. The second-order valence-electron chi connectivity index (χ2n) is 4.19. The number of hydrogen-bond acceptors (Lipinski definition) is 2. The van der Waals surface area contributed by atoms with Crippen LogP contribution < -0.4 is 0 Å². The largest absolute Gasteiger partial charge is 0.326 e. The van der Waals surface area contributed by atoms with Gasteiger partial charge in [0.2, 0.25) is 0 Å². The van der Waals surface area contributed by atoms with Crippen LogP contribution >= 0.6 is 11.6 Å². The van der Waals surface area contributed by atoms with E-state index in [1.807, 2.05) is 0 Å². The number of rotatable bonds is 4. The summed E-state index contributed by atoms with van der Waals surface area (Å²) in [6.07, 6.45) is 9.17. The molecule has 0 aromatic carbocycles. The molecule has 1 saturated carbocycles.